The second-order valence-corrected chi connectivity index (χ2v) is 9.63. The number of carbonyl (C=O) groups excluding carboxylic acids is 2. The molecule has 4 rings (SSSR count). The van der Waals surface area contributed by atoms with Gasteiger partial charge in [-0.15, -0.1) is 11.7 Å². The molecule has 1 fully saturated rings. The van der Waals surface area contributed by atoms with Gasteiger partial charge in [0.05, 0.1) is 17.3 Å². The zero-order valence-corrected chi connectivity index (χ0v) is 21.2. The predicted octanol–water partition coefficient (Wildman–Crippen LogP) is 4.91. The van der Waals surface area contributed by atoms with Gasteiger partial charge in [0.2, 0.25) is 5.84 Å². The lowest BCUT2D eigenvalue weighted by Crippen LogP contribution is -2.63. The molecule has 2 aromatic rings. The minimum absolute atomic E-state index is 0.0809. The number of anilines is 1. The smallest absolute Gasteiger partial charge is 0.294 e. The van der Waals surface area contributed by atoms with Gasteiger partial charge in [-0.2, -0.15) is 0 Å². The average Bonchev–Trinajstić information content (AvgIpc) is 2.87. The molecule has 2 unspecified atom stereocenters. The van der Waals surface area contributed by atoms with Crippen molar-refractivity contribution in [2.75, 3.05) is 24.6 Å². The summed E-state index contributed by atoms with van der Waals surface area (Å²) in [5.74, 6) is -0.379. The van der Waals surface area contributed by atoms with E-state index in [0.717, 1.165) is 12.1 Å². The Bertz CT molecular complexity index is 1210. The first-order valence-corrected chi connectivity index (χ1v) is 12.2. The maximum absolute atomic E-state index is 13.6. The largest absolute Gasteiger partial charge is 0.334 e. The van der Waals surface area contributed by atoms with Gasteiger partial charge in [-0.1, -0.05) is 48.3 Å². The summed E-state index contributed by atoms with van der Waals surface area (Å²) in [5, 5.41) is 7.46. The van der Waals surface area contributed by atoms with Crippen molar-refractivity contribution < 1.29 is 9.59 Å². The van der Waals surface area contributed by atoms with Gasteiger partial charge in [-0.3, -0.25) is 14.6 Å². The number of rotatable bonds is 5. The van der Waals surface area contributed by atoms with Gasteiger partial charge in [0.25, 0.3) is 11.8 Å². The van der Waals surface area contributed by atoms with E-state index in [2.05, 4.69) is 16.7 Å². The van der Waals surface area contributed by atoms with Gasteiger partial charge in [0.1, 0.15) is 0 Å². The van der Waals surface area contributed by atoms with Crippen LogP contribution in [0.2, 0.25) is 10.0 Å². The van der Waals surface area contributed by atoms with Crippen molar-refractivity contribution in [3.8, 4) is 0 Å². The van der Waals surface area contributed by atoms with Crippen LogP contribution in [-0.4, -0.2) is 64.9 Å². The average molecular weight is 512 g/mol. The molecule has 0 bridgehead atoms. The van der Waals surface area contributed by atoms with E-state index >= 15 is 0 Å². The van der Waals surface area contributed by atoms with Crippen LogP contribution in [0.3, 0.4) is 0 Å². The van der Waals surface area contributed by atoms with Crippen LogP contribution < -0.4 is 5.01 Å². The molecule has 7 nitrogen and oxygen atoms in total. The maximum Gasteiger partial charge on any atom is 0.294 e. The number of carbonyl (C=O) groups is 2. The number of halogens is 2. The van der Waals surface area contributed by atoms with Gasteiger partial charge in [-0.05, 0) is 49.7 Å². The normalized spacial score (nSPS) is 22.1. The van der Waals surface area contributed by atoms with E-state index in [1.54, 1.807) is 57.4 Å². The molecule has 2 amide bonds. The molecule has 9 heteroatoms. The molecule has 0 saturated carbocycles. The van der Waals surface area contributed by atoms with Crippen molar-refractivity contribution in [3.05, 3.63) is 76.8 Å². The van der Waals surface area contributed by atoms with Crippen molar-refractivity contribution in [2.24, 2.45) is 10.1 Å². The first-order chi connectivity index (χ1) is 16.8. The van der Waals surface area contributed by atoms with Crippen molar-refractivity contribution >= 4 is 52.8 Å². The highest BCUT2D eigenvalue weighted by atomic mass is 35.5. The molecule has 0 radical (unpaired) electrons. The highest BCUT2D eigenvalue weighted by molar-refractivity contribution is 6.40. The fourth-order valence-corrected chi connectivity index (χ4v) is 4.67. The van der Waals surface area contributed by atoms with Crippen molar-refractivity contribution in [1.82, 2.24) is 9.80 Å². The molecular formula is C26H27Cl2N5O2. The third-order valence-corrected chi connectivity index (χ3v) is 6.80. The van der Waals surface area contributed by atoms with Gasteiger partial charge < -0.3 is 9.80 Å². The van der Waals surface area contributed by atoms with Crippen LogP contribution in [0.15, 0.2) is 71.3 Å². The van der Waals surface area contributed by atoms with Crippen LogP contribution in [0.25, 0.3) is 0 Å². The Labute approximate surface area is 215 Å². The molecule has 0 spiro atoms. The van der Waals surface area contributed by atoms with Crippen LogP contribution in [0.1, 0.15) is 30.6 Å². The Balaban J connectivity index is 1.57. The molecule has 2 aromatic carbocycles. The van der Waals surface area contributed by atoms with Crippen LogP contribution in [0.5, 0.6) is 0 Å². The first-order valence-electron chi connectivity index (χ1n) is 11.4. The minimum atomic E-state index is -0.801. The summed E-state index contributed by atoms with van der Waals surface area (Å²) in [6.45, 7) is 8.84. The molecule has 35 heavy (non-hydrogen) atoms. The number of benzene rings is 2. The molecule has 2 aliphatic heterocycles. The van der Waals surface area contributed by atoms with Crippen LogP contribution in [0, 0.1) is 0 Å². The molecule has 0 aromatic heterocycles. The number of hydrogen-bond donors (Lipinski definition) is 0. The third kappa shape index (κ3) is 5.11. The molecule has 2 heterocycles. The summed E-state index contributed by atoms with van der Waals surface area (Å²) in [6, 6.07) is 14.1. The molecule has 0 N–H and O–H groups in total. The Hall–Kier alpha value is -3.16. The number of nitrogens with zero attached hydrogens (tertiary/aromatic N) is 5. The molecule has 1 saturated heterocycles. The highest BCUT2D eigenvalue weighted by Crippen LogP contribution is 2.28. The van der Waals surface area contributed by atoms with Crippen LogP contribution >= 0.6 is 23.2 Å². The lowest BCUT2D eigenvalue weighted by Gasteiger charge is -2.47. The Morgan fingerprint density at radius 2 is 1.83 bits per heavy atom. The Morgan fingerprint density at radius 3 is 2.49 bits per heavy atom. The molecule has 0 aliphatic carbocycles. The first kappa shape index (κ1) is 24.9. The summed E-state index contributed by atoms with van der Waals surface area (Å²) in [5.41, 5.74) is 0.487. The van der Waals surface area contributed by atoms with Gasteiger partial charge in [0, 0.05) is 41.5 Å². The molecule has 182 valence electrons. The summed E-state index contributed by atoms with van der Waals surface area (Å²) in [4.78, 5) is 34.5. The molecular weight excluding hydrogens is 485 g/mol. The number of hydrogen-bond acceptors (Lipinski definition) is 5. The fraction of sp³-hybridized carbons (Fsp3) is 0.308. The van der Waals surface area contributed by atoms with Crippen molar-refractivity contribution in [1.29, 1.82) is 0 Å². The van der Waals surface area contributed by atoms with Crippen LogP contribution in [0.4, 0.5) is 5.69 Å². The van der Waals surface area contributed by atoms with E-state index < -0.39 is 5.54 Å². The van der Waals surface area contributed by atoms with E-state index in [1.807, 2.05) is 32.0 Å². The van der Waals surface area contributed by atoms with E-state index in [0.29, 0.717) is 35.2 Å². The monoisotopic (exact) mass is 511 g/mol. The molecule has 2 aliphatic rings. The number of amides is 2. The van der Waals surface area contributed by atoms with Gasteiger partial charge in [0.15, 0.2) is 0 Å². The highest BCUT2D eigenvalue weighted by Gasteiger charge is 2.42. The summed E-state index contributed by atoms with van der Waals surface area (Å²) < 4.78 is 0. The zero-order chi connectivity index (χ0) is 25.2. The second kappa shape index (κ2) is 10.2. The summed E-state index contributed by atoms with van der Waals surface area (Å²) >= 11 is 12.3. The summed E-state index contributed by atoms with van der Waals surface area (Å²) in [6.07, 6.45) is 4.19. The number of hydrazone groups is 1. The van der Waals surface area contributed by atoms with E-state index in [-0.39, 0.29) is 23.7 Å². The Kier molecular flexibility index (Phi) is 7.28. The fourth-order valence-electron chi connectivity index (χ4n) is 4.30. The topological polar surface area (TPSA) is 68.6 Å². The zero-order valence-electron chi connectivity index (χ0n) is 19.7. The maximum atomic E-state index is 13.6. The summed E-state index contributed by atoms with van der Waals surface area (Å²) in [7, 11) is 0. The standard InChI is InChI=1S/C26H27Cl2N5O2/c1-4-21-16-29-23(30-33(21)22-11-7-10-20(28)15-22)25(35)32-13-12-31(17-26(32,3)5-2)24(34)18-8-6-9-19(27)14-18/h5-11,14-16,21H,2,4,12-13,17H2,1,3H3. The third-order valence-electron chi connectivity index (χ3n) is 6.33. The lowest BCUT2D eigenvalue weighted by atomic mass is 9.95. The van der Waals surface area contributed by atoms with Crippen molar-refractivity contribution in [2.45, 2.75) is 31.8 Å². The SMILES string of the molecule is C=CC1(C)CN(C(=O)c2cccc(Cl)c2)CCN1C(=O)C1=NN(c2cccc(Cl)c2)C(CC)C=N1. The quantitative estimate of drug-likeness (QED) is 0.535. The second-order valence-electron chi connectivity index (χ2n) is 8.76. The van der Waals surface area contributed by atoms with Crippen LogP contribution in [-0.2, 0) is 4.79 Å². The Morgan fingerprint density at radius 1 is 1.11 bits per heavy atom. The number of aliphatic imine (C=N–C) groups is 1. The van der Waals surface area contributed by atoms with E-state index in [9.17, 15) is 9.59 Å². The molecule has 2 atom stereocenters. The number of amidine groups is 1. The van der Waals surface area contributed by atoms with E-state index in [1.165, 1.54) is 0 Å². The minimum Gasteiger partial charge on any atom is -0.334 e. The van der Waals surface area contributed by atoms with Gasteiger partial charge in [-0.25, -0.2) is 4.99 Å². The van der Waals surface area contributed by atoms with E-state index in [4.69, 9.17) is 23.2 Å². The number of piperazine rings is 1. The predicted molar refractivity (Wildman–Crippen MR) is 142 cm³/mol. The van der Waals surface area contributed by atoms with Crippen molar-refractivity contribution in [3.63, 3.8) is 0 Å². The van der Waals surface area contributed by atoms with Gasteiger partial charge >= 0.3 is 0 Å². The lowest BCUT2D eigenvalue weighted by molar-refractivity contribution is -0.131.